The third-order valence-corrected chi connectivity index (χ3v) is 7.59. The zero-order valence-electron chi connectivity index (χ0n) is 21.0. The molecule has 0 fully saturated rings. The van der Waals surface area contributed by atoms with Gasteiger partial charge in [0.1, 0.15) is 16.3 Å². The molecule has 0 unspecified atom stereocenters. The first-order chi connectivity index (χ1) is 18.2. The number of fused-ring (bicyclic) bond motifs is 1. The molecule has 8 heteroatoms. The zero-order valence-corrected chi connectivity index (χ0v) is 22.6. The van der Waals surface area contributed by atoms with Gasteiger partial charge in [-0.25, -0.2) is 4.79 Å². The van der Waals surface area contributed by atoms with Crippen molar-refractivity contribution in [2.45, 2.75) is 26.2 Å². The van der Waals surface area contributed by atoms with Crippen LogP contribution < -0.4 is 10.3 Å². The molecule has 0 aliphatic carbocycles. The fourth-order valence-electron chi connectivity index (χ4n) is 4.17. The Morgan fingerprint density at radius 2 is 1.45 bits per heavy atom. The molecule has 188 valence electrons. The molecule has 0 bridgehead atoms. The first-order valence-corrected chi connectivity index (χ1v) is 13.1. The predicted molar refractivity (Wildman–Crippen MR) is 152 cm³/mol. The summed E-state index contributed by atoms with van der Waals surface area (Å²) in [5, 5.41) is 10.1. The highest BCUT2D eigenvalue weighted by Crippen LogP contribution is 2.37. The van der Waals surface area contributed by atoms with Gasteiger partial charge in [-0.2, -0.15) is 5.26 Å². The Morgan fingerprint density at radius 1 is 0.895 bits per heavy atom. The van der Waals surface area contributed by atoms with Crippen molar-refractivity contribution >= 4 is 39.7 Å². The summed E-state index contributed by atoms with van der Waals surface area (Å²) in [5.41, 5.74) is 2.13. The molecule has 3 aromatic carbocycles. The van der Waals surface area contributed by atoms with Crippen molar-refractivity contribution in [2.75, 3.05) is 0 Å². The van der Waals surface area contributed by atoms with E-state index < -0.39 is 11.5 Å². The summed E-state index contributed by atoms with van der Waals surface area (Å²) in [6.45, 7) is 6.26. The van der Waals surface area contributed by atoms with E-state index in [1.807, 2.05) is 60.7 Å². The largest absolute Gasteiger partial charge is 0.420 e. The van der Waals surface area contributed by atoms with E-state index in [1.165, 1.54) is 4.57 Å². The van der Waals surface area contributed by atoms with Crippen LogP contribution in [0.25, 0.3) is 21.6 Å². The van der Waals surface area contributed by atoms with Gasteiger partial charge in [0, 0.05) is 5.69 Å². The van der Waals surface area contributed by atoms with Crippen LogP contribution in [-0.2, 0) is 5.41 Å². The topological polar surface area (TPSA) is 77.0 Å². The van der Waals surface area contributed by atoms with Crippen LogP contribution in [0.1, 0.15) is 41.6 Å². The molecule has 0 saturated heterocycles. The second kappa shape index (κ2) is 9.86. The SMILES string of the molecule is CC(C)(C)c1ccc(C(=O)Oc2c(C#N)sc3c2c(=O)n(-c2ccccc2)c(=S)n3-c2ccccc2)cc1. The monoisotopic (exact) mass is 537 g/mol. The van der Waals surface area contributed by atoms with Crippen LogP contribution >= 0.6 is 23.6 Å². The van der Waals surface area contributed by atoms with Crippen molar-refractivity contribution in [1.29, 1.82) is 5.26 Å². The molecule has 0 amide bonds. The van der Waals surface area contributed by atoms with Gasteiger partial charge in [-0.15, -0.1) is 11.3 Å². The fourth-order valence-corrected chi connectivity index (χ4v) is 5.66. The van der Waals surface area contributed by atoms with Crippen LogP contribution in [0.5, 0.6) is 5.75 Å². The van der Waals surface area contributed by atoms with Crippen LogP contribution in [0.2, 0.25) is 0 Å². The molecule has 6 nitrogen and oxygen atoms in total. The van der Waals surface area contributed by atoms with E-state index in [1.54, 1.807) is 28.8 Å². The second-order valence-electron chi connectivity index (χ2n) is 9.70. The minimum absolute atomic E-state index is 0.0632. The number of rotatable bonds is 4. The summed E-state index contributed by atoms with van der Waals surface area (Å²) in [6.07, 6.45) is 0. The lowest BCUT2D eigenvalue weighted by molar-refractivity contribution is 0.0737. The normalized spacial score (nSPS) is 11.3. The van der Waals surface area contributed by atoms with Crippen molar-refractivity contribution < 1.29 is 9.53 Å². The molecule has 5 rings (SSSR count). The Labute approximate surface area is 228 Å². The Balaban J connectivity index is 1.75. The predicted octanol–water partition coefficient (Wildman–Crippen LogP) is 6.96. The van der Waals surface area contributed by atoms with Gasteiger partial charge in [0.2, 0.25) is 0 Å². The number of esters is 1. The average Bonchev–Trinajstić information content (AvgIpc) is 3.27. The van der Waals surface area contributed by atoms with E-state index >= 15 is 0 Å². The average molecular weight is 538 g/mol. The van der Waals surface area contributed by atoms with Crippen LogP contribution in [0.4, 0.5) is 0 Å². The van der Waals surface area contributed by atoms with E-state index in [0.717, 1.165) is 16.9 Å². The Kier molecular flexibility index (Phi) is 6.57. The Bertz CT molecular complexity index is 1820. The molecule has 2 aromatic heterocycles. The molecular weight excluding hydrogens is 514 g/mol. The van der Waals surface area contributed by atoms with Gasteiger partial charge >= 0.3 is 5.97 Å². The van der Waals surface area contributed by atoms with Crippen molar-refractivity contribution in [3.05, 3.63) is 116 Å². The second-order valence-corrected chi connectivity index (χ2v) is 11.1. The third-order valence-electron chi connectivity index (χ3n) is 6.16. The highest BCUT2D eigenvalue weighted by molar-refractivity contribution is 7.71. The first-order valence-electron chi connectivity index (χ1n) is 11.9. The molecular formula is C30H23N3O3S2. The van der Waals surface area contributed by atoms with Crippen LogP contribution in [0.3, 0.4) is 0 Å². The molecule has 0 atom stereocenters. The molecule has 38 heavy (non-hydrogen) atoms. The lowest BCUT2D eigenvalue weighted by Gasteiger charge is -2.18. The molecule has 0 spiro atoms. The minimum atomic E-state index is -0.652. The number of carbonyl (C=O) groups is 1. The van der Waals surface area contributed by atoms with Crippen molar-refractivity contribution in [2.24, 2.45) is 0 Å². The summed E-state index contributed by atoms with van der Waals surface area (Å²) in [5.74, 6) is -0.715. The quantitative estimate of drug-likeness (QED) is 0.183. The van der Waals surface area contributed by atoms with E-state index in [2.05, 4.69) is 26.8 Å². The van der Waals surface area contributed by atoms with Gasteiger partial charge in [0.05, 0.1) is 11.3 Å². The number of hydrogen-bond acceptors (Lipinski definition) is 6. The number of benzene rings is 3. The van der Waals surface area contributed by atoms with Gasteiger partial charge in [-0.1, -0.05) is 69.3 Å². The van der Waals surface area contributed by atoms with Gasteiger partial charge in [-0.3, -0.25) is 13.9 Å². The lowest BCUT2D eigenvalue weighted by Crippen LogP contribution is -2.23. The van der Waals surface area contributed by atoms with Gasteiger partial charge in [-0.05, 0) is 59.6 Å². The number of hydrogen-bond donors (Lipinski definition) is 0. The van der Waals surface area contributed by atoms with Gasteiger partial charge < -0.3 is 4.74 Å². The van der Waals surface area contributed by atoms with E-state index in [-0.39, 0.29) is 26.2 Å². The molecule has 0 radical (unpaired) electrons. The van der Waals surface area contributed by atoms with Crippen molar-refractivity contribution in [1.82, 2.24) is 9.13 Å². The van der Waals surface area contributed by atoms with Gasteiger partial charge in [0.15, 0.2) is 15.4 Å². The maximum absolute atomic E-state index is 13.9. The highest BCUT2D eigenvalue weighted by Gasteiger charge is 2.26. The smallest absolute Gasteiger partial charge is 0.343 e. The Hall–Kier alpha value is -4.32. The summed E-state index contributed by atoms with van der Waals surface area (Å²) in [4.78, 5) is 27.7. The van der Waals surface area contributed by atoms with E-state index in [4.69, 9.17) is 17.0 Å². The molecule has 5 aromatic rings. The zero-order chi connectivity index (χ0) is 27.0. The van der Waals surface area contributed by atoms with Crippen LogP contribution in [0.15, 0.2) is 89.7 Å². The third kappa shape index (κ3) is 4.47. The maximum atomic E-state index is 13.9. The van der Waals surface area contributed by atoms with Crippen molar-refractivity contribution in [3.63, 3.8) is 0 Å². The number of thiophene rings is 1. The number of aromatic nitrogens is 2. The van der Waals surface area contributed by atoms with Crippen LogP contribution in [0, 0.1) is 16.1 Å². The summed E-state index contributed by atoms with van der Waals surface area (Å²) >= 11 is 6.87. The maximum Gasteiger partial charge on any atom is 0.343 e. The van der Waals surface area contributed by atoms with Crippen molar-refractivity contribution in [3.8, 4) is 23.2 Å². The summed E-state index contributed by atoms with van der Waals surface area (Å²) in [6, 6.07) is 27.6. The summed E-state index contributed by atoms with van der Waals surface area (Å²) in [7, 11) is 0. The fraction of sp³-hybridized carbons (Fsp3) is 0.133. The number of carbonyl (C=O) groups excluding carboxylic acids is 1. The Morgan fingerprint density at radius 3 is 1.97 bits per heavy atom. The molecule has 0 aliphatic heterocycles. The van der Waals surface area contributed by atoms with Crippen LogP contribution in [-0.4, -0.2) is 15.1 Å². The molecule has 0 N–H and O–H groups in total. The van der Waals surface area contributed by atoms with Gasteiger partial charge in [0.25, 0.3) is 5.56 Å². The molecule has 0 aliphatic rings. The number of nitrogens with zero attached hydrogens (tertiary/aromatic N) is 3. The number of nitriles is 1. The molecule has 2 heterocycles. The first kappa shape index (κ1) is 25.3. The summed E-state index contributed by atoms with van der Waals surface area (Å²) < 4.78 is 9.16. The highest BCUT2D eigenvalue weighted by atomic mass is 32.1. The number of para-hydroxylation sites is 2. The lowest BCUT2D eigenvalue weighted by atomic mass is 9.87. The molecule has 0 saturated carbocycles. The van der Waals surface area contributed by atoms with E-state index in [0.29, 0.717) is 21.8 Å². The standard InChI is InChI=1S/C30H23N3O3S2/c1-30(2,3)20-16-14-19(15-17-20)28(35)36-25-23(18-31)38-27-24(25)26(34)32(21-10-6-4-7-11-21)29(37)33(27)22-12-8-5-9-13-22/h4-17H,1-3H3. The minimum Gasteiger partial charge on any atom is -0.420 e. The van der Waals surface area contributed by atoms with E-state index in [9.17, 15) is 14.9 Å². The number of ether oxygens (including phenoxy) is 1.